The molecule has 1 fully saturated rings. The van der Waals surface area contributed by atoms with Crippen LogP contribution in [0.3, 0.4) is 0 Å². The molecule has 0 saturated carbocycles. The van der Waals surface area contributed by atoms with Crippen LogP contribution >= 0.6 is 0 Å². The van der Waals surface area contributed by atoms with Crippen LogP contribution in [0.4, 0.5) is 0 Å². The number of nitrogens with zero attached hydrogens (tertiary/aromatic N) is 1. The van der Waals surface area contributed by atoms with Gasteiger partial charge in [0.05, 0.1) is 0 Å². The third kappa shape index (κ3) is 1.62. The molecule has 0 N–H and O–H groups in total. The van der Waals surface area contributed by atoms with Crippen molar-refractivity contribution in [1.82, 2.24) is 4.90 Å². The Labute approximate surface area is 91.6 Å². The van der Waals surface area contributed by atoms with Gasteiger partial charge in [-0.1, -0.05) is 25.5 Å². The molecular weight excluding hydrogens is 186 g/mol. The van der Waals surface area contributed by atoms with Crippen LogP contribution in [0, 0.1) is 11.3 Å². The minimum Gasteiger partial charge on any atom is -0.316 e. The standard InChI is InChI=1S/C13H19NO/c1-9-5-6-12-11(7-9)13(3,4)8-14(12)10(2)15/h5-6,11H,7-8H2,1-4H3. The fraction of sp³-hybridized carbons (Fsp3) is 0.615. The molecule has 0 aromatic rings. The molecule has 0 bridgehead atoms. The fourth-order valence-corrected chi connectivity index (χ4v) is 2.70. The summed E-state index contributed by atoms with van der Waals surface area (Å²) in [6.07, 6.45) is 5.37. The van der Waals surface area contributed by atoms with Crippen LogP contribution in [0.2, 0.25) is 0 Å². The second-order valence-corrected chi connectivity index (χ2v) is 5.46. The lowest BCUT2D eigenvalue weighted by molar-refractivity contribution is -0.126. The summed E-state index contributed by atoms with van der Waals surface area (Å²) >= 11 is 0. The highest BCUT2D eigenvalue weighted by atomic mass is 16.2. The zero-order chi connectivity index (χ0) is 11.2. The number of hydrogen-bond donors (Lipinski definition) is 0. The Morgan fingerprint density at radius 3 is 2.73 bits per heavy atom. The molecule has 1 atom stereocenters. The molecule has 1 aliphatic carbocycles. The summed E-state index contributed by atoms with van der Waals surface area (Å²) in [6, 6.07) is 0. The highest BCUT2D eigenvalue weighted by Gasteiger charge is 2.44. The second-order valence-electron chi connectivity index (χ2n) is 5.46. The van der Waals surface area contributed by atoms with Gasteiger partial charge < -0.3 is 4.90 Å². The molecular formula is C13H19NO. The smallest absolute Gasteiger partial charge is 0.223 e. The largest absolute Gasteiger partial charge is 0.316 e. The summed E-state index contributed by atoms with van der Waals surface area (Å²) in [5.74, 6) is 0.691. The van der Waals surface area contributed by atoms with Crippen LogP contribution in [-0.4, -0.2) is 17.4 Å². The Balaban J connectivity index is 2.39. The number of rotatable bonds is 0. The molecule has 2 aliphatic rings. The quantitative estimate of drug-likeness (QED) is 0.595. The summed E-state index contributed by atoms with van der Waals surface area (Å²) in [6.45, 7) is 9.20. The molecule has 0 spiro atoms. The van der Waals surface area contributed by atoms with Gasteiger partial charge in [-0.05, 0) is 24.8 Å². The maximum atomic E-state index is 11.5. The van der Waals surface area contributed by atoms with Crippen LogP contribution in [0.1, 0.15) is 34.1 Å². The summed E-state index contributed by atoms with van der Waals surface area (Å²) in [7, 11) is 0. The van der Waals surface area contributed by atoms with E-state index >= 15 is 0 Å². The van der Waals surface area contributed by atoms with Crippen LogP contribution in [-0.2, 0) is 4.79 Å². The maximum absolute atomic E-state index is 11.5. The number of allylic oxidation sites excluding steroid dienone is 4. The molecule has 1 saturated heterocycles. The van der Waals surface area contributed by atoms with Crippen molar-refractivity contribution in [1.29, 1.82) is 0 Å². The summed E-state index contributed by atoms with van der Waals surface area (Å²) in [4.78, 5) is 13.5. The SMILES string of the molecule is CC(=O)N1CC(C)(C)C2CC(C)=CC=C21. The lowest BCUT2D eigenvalue weighted by Crippen LogP contribution is -2.27. The first-order chi connectivity index (χ1) is 6.92. The molecule has 1 heterocycles. The first-order valence-electron chi connectivity index (χ1n) is 5.57. The van der Waals surface area contributed by atoms with Crippen molar-refractivity contribution >= 4 is 5.91 Å². The fourth-order valence-electron chi connectivity index (χ4n) is 2.70. The van der Waals surface area contributed by atoms with Gasteiger partial charge in [0.25, 0.3) is 0 Å². The highest BCUT2D eigenvalue weighted by molar-refractivity contribution is 5.76. The van der Waals surface area contributed by atoms with Crippen LogP contribution in [0.5, 0.6) is 0 Å². The van der Waals surface area contributed by atoms with Gasteiger partial charge in [0, 0.05) is 25.1 Å². The Bertz CT molecular complexity index is 363. The van der Waals surface area contributed by atoms with E-state index in [1.165, 1.54) is 11.3 Å². The predicted molar refractivity (Wildman–Crippen MR) is 61.1 cm³/mol. The highest BCUT2D eigenvalue weighted by Crippen LogP contribution is 2.47. The number of carbonyl (C=O) groups excluding carboxylic acids is 1. The number of hydrogen-bond acceptors (Lipinski definition) is 1. The molecule has 1 unspecified atom stereocenters. The van der Waals surface area contributed by atoms with E-state index in [0.717, 1.165) is 13.0 Å². The van der Waals surface area contributed by atoms with Crippen molar-refractivity contribution in [3.8, 4) is 0 Å². The van der Waals surface area contributed by atoms with Gasteiger partial charge >= 0.3 is 0 Å². The van der Waals surface area contributed by atoms with Crippen LogP contribution < -0.4 is 0 Å². The molecule has 2 heteroatoms. The Hall–Kier alpha value is -1.05. The second kappa shape index (κ2) is 3.22. The number of carbonyl (C=O) groups is 1. The minimum atomic E-state index is 0.171. The van der Waals surface area contributed by atoms with Crippen molar-refractivity contribution < 1.29 is 4.79 Å². The first-order valence-corrected chi connectivity index (χ1v) is 5.57. The average Bonchev–Trinajstić information content (AvgIpc) is 2.39. The van der Waals surface area contributed by atoms with Crippen LogP contribution in [0.25, 0.3) is 0 Å². The van der Waals surface area contributed by atoms with Gasteiger partial charge in [0.15, 0.2) is 0 Å². The van der Waals surface area contributed by atoms with Crippen molar-refractivity contribution in [2.75, 3.05) is 6.54 Å². The third-order valence-electron chi connectivity index (χ3n) is 3.62. The molecule has 0 radical (unpaired) electrons. The van der Waals surface area contributed by atoms with Crippen molar-refractivity contribution in [3.63, 3.8) is 0 Å². The average molecular weight is 205 g/mol. The minimum absolute atomic E-state index is 0.171. The van der Waals surface area contributed by atoms with E-state index in [0.29, 0.717) is 5.92 Å². The maximum Gasteiger partial charge on any atom is 0.223 e. The molecule has 82 valence electrons. The van der Waals surface area contributed by atoms with Crippen molar-refractivity contribution in [3.05, 3.63) is 23.4 Å². The molecule has 2 nitrogen and oxygen atoms in total. The Morgan fingerprint density at radius 2 is 2.13 bits per heavy atom. The summed E-state index contributed by atoms with van der Waals surface area (Å²) in [5, 5.41) is 0. The molecule has 2 rings (SSSR count). The van der Waals surface area contributed by atoms with Gasteiger partial charge in [0.2, 0.25) is 5.91 Å². The number of fused-ring (bicyclic) bond motifs is 1. The van der Waals surface area contributed by atoms with Crippen molar-refractivity contribution in [2.45, 2.75) is 34.1 Å². The van der Waals surface area contributed by atoms with Crippen LogP contribution in [0.15, 0.2) is 23.4 Å². The molecule has 15 heavy (non-hydrogen) atoms. The van der Waals surface area contributed by atoms with E-state index in [2.05, 4.69) is 32.9 Å². The van der Waals surface area contributed by atoms with Gasteiger partial charge in [0.1, 0.15) is 0 Å². The van der Waals surface area contributed by atoms with E-state index in [9.17, 15) is 4.79 Å². The lowest BCUT2D eigenvalue weighted by Gasteiger charge is -2.27. The molecule has 0 aromatic carbocycles. The topological polar surface area (TPSA) is 20.3 Å². The predicted octanol–water partition coefficient (Wildman–Crippen LogP) is 2.72. The van der Waals surface area contributed by atoms with Gasteiger partial charge in [-0.2, -0.15) is 0 Å². The Kier molecular flexibility index (Phi) is 2.25. The first kappa shape index (κ1) is 10.5. The monoisotopic (exact) mass is 205 g/mol. The number of likely N-dealkylation sites (tertiary alicyclic amines) is 1. The van der Waals surface area contributed by atoms with E-state index < -0.39 is 0 Å². The van der Waals surface area contributed by atoms with E-state index in [-0.39, 0.29) is 11.3 Å². The molecule has 0 aromatic heterocycles. The summed E-state index contributed by atoms with van der Waals surface area (Å²) in [5.41, 5.74) is 2.85. The normalized spacial score (nSPS) is 28.3. The van der Waals surface area contributed by atoms with Gasteiger partial charge in [-0.3, -0.25) is 4.79 Å². The molecule has 1 aliphatic heterocycles. The van der Waals surface area contributed by atoms with E-state index in [1.54, 1.807) is 6.92 Å². The summed E-state index contributed by atoms with van der Waals surface area (Å²) < 4.78 is 0. The number of amides is 1. The zero-order valence-electron chi connectivity index (χ0n) is 10.0. The van der Waals surface area contributed by atoms with Gasteiger partial charge in [-0.15, -0.1) is 0 Å². The van der Waals surface area contributed by atoms with Crippen molar-refractivity contribution in [2.24, 2.45) is 11.3 Å². The molecule has 1 amide bonds. The van der Waals surface area contributed by atoms with Gasteiger partial charge in [-0.25, -0.2) is 0 Å². The zero-order valence-corrected chi connectivity index (χ0v) is 10.0. The third-order valence-corrected chi connectivity index (χ3v) is 3.62. The Morgan fingerprint density at radius 1 is 1.47 bits per heavy atom. The van der Waals surface area contributed by atoms with E-state index in [4.69, 9.17) is 0 Å². The lowest BCUT2D eigenvalue weighted by atomic mass is 9.75. The van der Waals surface area contributed by atoms with E-state index in [1.807, 2.05) is 4.90 Å².